The quantitative estimate of drug-likeness (QED) is 0.788. The van der Waals surface area contributed by atoms with Gasteiger partial charge in [0.05, 0.1) is 25.9 Å². The molecule has 21 heavy (non-hydrogen) atoms. The fourth-order valence-electron chi connectivity index (χ4n) is 2.25. The van der Waals surface area contributed by atoms with Crippen LogP contribution in [0.2, 0.25) is 0 Å². The Balaban J connectivity index is 1.83. The maximum Gasteiger partial charge on any atom is 0.255 e. The lowest BCUT2D eigenvalue weighted by atomic mass is 10.2. The van der Waals surface area contributed by atoms with Crippen molar-refractivity contribution in [2.24, 2.45) is 5.73 Å². The SMILES string of the molecule is CN(Cc1cccc(OCC(N)=O)c1)C[C@@H]1COCCO1. The molecule has 0 radical (unpaired) electrons. The second-order valence-corrected chi connectivity index (χ2v) is 5.17. The van der Waals surface area contributed by atoms with Crippen molar-refractivity contribution in [1.82, 2.24) is 4.90 Å². The molecule has 1 aliphatic heterocycles. The van der Waals surface area contributed by atoms with Crippen LogP contribution in [0.1, 0.15) is 5.56 Å². The molecule has 6 heteroatoms. The molecule has 0 aliphatic carbocycles. The van der Waals surface area contributed by atoms with Crippen LogP contribution >= 0.6 is 0 Å². The molecule has 1 atom stereocenters. The summed E-state index contributed by atoms with van der Waals surface area (Å²) in [5.74, 6) is 0.170. The minimum atomic E-state index is -0.480. The molecule has 1 heterocycles. The number of carbonyl (C=O) groups is 1. The number of nitrogens with two attached hydrogens (primary N) is 1. The van der Waals surface area contributed by atoms with Crippen LogP contribution in [0.5, 0.6) is 5.75 Å². The Kier molecular flexibility index (Phi) is 5.98. The molecule has 0 spiro atoms. The Morgan fingerprint density at radius 2 is 2.33 bits per heavy atom. The lowest BCUT2D eigenvalue weighted by Crippen LogP contribution is -2.38. The number of amides is 1. The summed E-state index contributed by atoms with van der Waals surface area (Å²) in [6.07, 6.45) is 0.123. The van der Waals surface area contributed by atoms with Gasteiger partial charge in [-0.2, -0.15) is 0 Å². The van der Waals surface area contributed by atoms with Gasteiger partial charge in [-0.15, -0.1) is 0 Å². The summed E-state index contributed by atoms with van der Waals surface area (Å²) < 4.78 is 16.3. The van der Waals surface area contributed by atoms with Gasteiger partial charge < -0.3 is 19.9 Å². The highest BCUT2D eigenvalue weighted by molar-refractivity contribution is 5.75. The van der Waals surface area contributed by atoms with Gasteiger partial charge in [-0.25, -0.2) is 0 Å². The predicted molar refractivity (Wildman–Crippen MR) is 78.0 cm³/mol. The van der Waals surface area contributed by atoms with Crippen LogP contribution in [0.4, 0.5) is 0 Å². The first-order valence-corrected chi connectivity index (χ1v) is 7.01. The molecule has 1 aromatic carbocycles. The highest BCUT2D eigenvalue weighted by atomic mass is 16.6. The summed E-state index contributed by atoms with van der Waals surface area (Å²) in [4.78, 5) is 12.9. The van der Waals surface area contributed by atoms with Gasteiger partial charge in [0.2, 0.25) is 0 Å². The maximum atomic E-state index is 10.7. The number of rotatable bonds is 7. The van der Waals surface area contributed by atoms with Crippen molar-refractivity contribution in [3.8, 4) is 5.75 Å². The molecule has 0 aromatic heterocycles. The van der Waals surface area contributed by atoms with E-state index in [1.165, 1.54) is 0 Å². The number of carbonyl (C=O) groups excluding carboxylic acids is 1. The minimum Gasteiger partial charge on any atom is -0.484 e. The molecule has 1 aliphatic rings. The molecule has 0 saturated carbocycles. The number of primary amides is 1. The maximum absolute atomic E-state index is 10.7. The van der Waals surface area contributed by atoms with Crippen molar-refractivity contribution in [2.45, 2.75) is 12.6 Å². The molecule has 2 rings (SSSR count). The van der Waals surface area contributed by atoms with Gasteiger partial charge in [-0.3, -0.25) is 9.69 Å². The third-order valence-electron chi connectivity index (χ3n) is 3.13. The molecule has 1 fully saturated rings. The molecule has 2 N–H and O–H groups in total. The third-order valence-corrected chi connectivity index (χ3v) is 3.13. The van der Waals surface area contributed by atoms with E-state index in [9.17, 15) is 4.79 Å². The van der Waals surface area contributed by atoms with E-state index in [1.807, 2.05) is 31.3 Å². The van der Waals surface area contributed by atoms with Crippen LogP contribution < -0.4 is 10.5 Å². The lowest BCUT2D eigenvalue weighted by molar-refractivity contribution is -0.119. The summed E-state index contributed by atoms with van der Waals surface area (Å²) in [5.41, 5.74) is 6.17. The molecule has 1 amide bonds. The number of hydrogen-bond donors (Lipinski definition) is 1. The number of nitrogens with zero attached hydrogens (tertiary/aromatic N) is 1. The van der Waals surface area contributed by atoms with E-state index < -0.39 is 5.91 Å². The Bertz CT molecular complexity index is 461. The normalized spacial score (nSPS) is 18.7. The molecule has 0 unspecified atom stereocenters. The van der Waals surface area contributed by atoms with Crippen molar-refractivity contribution in [1.29, 1.82) is 0 Å². The van der Waals surface area contributed by atoms with Gasteiger partial charge in [-0.05, 0) is 24.7 Å². The Morgan fingerprint density at radius 1 is 1.48 bits per heavy atom. The summed E-state index contributed by atoms with van der Waals surface area (Å²) >= 11 is 0. The summed E-state index contributed by atoms with van der Waals surface area (Å²) in [7, 11) is 2.04. The van der Waals surface area contributed by atoms with Gasteiger partial charge in [0.1, 0.15) is 5.75 Å². The fourth-order valence-corrected chi connectivity index (χ4v) is 2.25. The molecule has 116 valence electrons. The number of ether oxygens (including phenoxy) is 3. The Labute approximate surface area is 124 Å². The van der Waals surface area contributed by atoms with E-state index in [4.69, 9.17) is 19.9 Å². The first-order chi connectivity index (χ1) is 10.1. The smallest absolute Gasteiger partial charge is 0.255 e. The average molecular weight is 294 g/mol. The van der Waals surface area contributed by atoms with Crippen LogP contribution in [-0.4, -0.2) is 56.9 Å². The zero-order valence-corrected chi connectivity index (χ0v) is 12.3. The molecule has 1 saturated heterocycles. The second kappa shape index (κ2) is 7.97. The van der Waals surface area contributed by atoms with E-state index in [1.54, 1.807) is 0 Å². The zero-order valence-electron chi connectivity index (χ0n) is 12.3. The summed E-state index contributed by atoms with van der Waals surface area (Å²) in [6.45, 7) is 3.47. The first-order valence-electron chi connectivity index (χ1n) is 7.01. The van der Waals surface area contributed by atoms with Crippen molar-refractivity contribution in [2.75, 3.05) is 40.0 Å². The zero-order chi connectivity index (χ0) is 15.1. The van der Waals surface area contributed by atoms with E-state index in [2.05, 4.69) is 4.90 Å². The Hall–Kier alpha value is -1.63. The summed E-state index contributed by atoms with van der Waals surface area (Å²) in [5, 5.41) is 0. The Morgan fingerprint density at radius 3 is 3.05 bits per heavy atom. The molecule has 1 aromatic rings. The number of benzene rings is 1. The van der Waals surface area contributed by atoms with Crippen molar-refractivity contribution in [3.05, 3.63) is 29.8 Å². The van der Waals surface area contributed by atoms with Gasteiger partial charge in [-0.1, -0.05) is 12.1 Å². The average Bonchev–Trinajstić information content (AvgIpc) is 2.46. The van der Waals surface area contributed by atoms with Crippen LogP contribution in [0.3, 0.4) is 0 Å². The highest BCUT2D eigenvalue weighted by Crippen LogP contribution is 2.15. The highest BCUT2D eigenvalue weighted by Gasteiger charge is 2.16. The molecule has 6 nitrogen and oxygen atoms in total. The van der Waals surface area contributed by atoms with Gasteiger partial charge in [0, 0.05) is 13.1 Å². The van der Waals surface area contributed by atoms with Gasteiger partial charge in [0.15, 0.2) is 6.61 Å². The van der Waals surface area contributed by atoms with Crippen LogP contribution in [-0.2, 0) is 20.8 Å². The van der Waals surface area contributed by atoms with Crippen molar-refractivity contribution in [3.63, 3.8) is 0 Å². The lowest BCUT2D eigenvalue weighted by Gasteiger charge is -2.27. The molecule has 0 bridgehead atoms. The standard InChI is InChI=1S/C15H22N2O4/c1-17(9-14-10-19-5-6-20-14)8-12-3-2-4-13(7-12)21-11-15(16)18/h2-4,7,14H,5-6,8-11H2,1H3,(H2,16,18)/t14-/m1/s1. The second-order valence-electron chi connectivity index (χ2n) is 5.17. The van der Waals surface area contributed by atoms with E-state index in [0.717, 1.165) is 18.7 Å². The third kappa shape index (κ3) is 5.71. The van der Waals surface area contributed by atoms with Crippen molar-refractivity contribution >= 4 is 5.91 Å². The predicted octanol–water partition coefficient (Wildman–Crippen LogP) is 0.398. The number of likely N-dealkylation sites (N-methyl/N-ethyl adjacent to an activating group) is 1. The van der Waals surface area contributed by atoms with E-state index in [0.29, 0.717) is 25.6 Å². The fraction of sp³-hybridized carbons (Fsp3) is 0.533. The van der Waals surface area contributed by atoms with E-state index >= 15 is 0 Å². The molecular weight excluding hydrogens is 272 g/mol. The van der Waals surface area contributed by atoms with E-state index in [-0.39, 0.29) is 12.7 Å². The first kappa shape index (κ1) is 15.8. The molecular formula is C15H22N2O4. The van der Waals surface area contributed by atoms with Gasteiger partial charge >= 0.3 is 0 Å². The van der Waals surface area contributed by atoms with Crippen LogP contribution in [0, 0.1) is 0 Å². The monoisotopic (exact) mass is 294 g/mol. The minimum absolute atomic E-state index is 0.105. The van der Waals surface area contributed by atoms with Crippen LogP contribution in [0.25, 0.3) is 0 Å². The van der Waals surface area contributed by atoms with Crippen molar-refractivity contribution < 1.29 is 19.0 Å². The number of hydrogen-bond acceptors (Lipinski definition) is 5. The topological polar surface area (TPSA) is 74.0 Å². The van der Waals surface area contributed by atoms with Crippen LogP contribution in [0.15, 0.2) is 24.3 Å². The van der Waals surface area contributed by atoms with Gasteiger partial charge in [0.25, 0.3) is 5.91 Å². The summed E-state index contributed by atoms with van der Waals surface area (Å²) in [6, 6.07) is 7.65. The largest absolute Gasteiger partial charge is 0.484 e.